The molecule has 1 rings (SSSR count). The molecule has 0 saturated carbocycles. The number of benzene rings is 1. The molecule has 88 valence electrons. The van der Waals surface area contributed by atoms with Crippen LogP contribution in [0.15, 0.2) is 24.3 Å². The SMILES string of the molecule is COc1ccc(OC)c(C(C)=CCCBr)c1. The summed E-state index contributed by atoms with van der Waals surface area (Å²) in [5, 5.41) is 0.969. The Morgan fingerprint density at radius 1 is 1.31 bits per heavy atom. The summed E-state index contributed by atoms with van der Waals surface area (Å²) in [4.78, 5) is 0. The lowest BCUT2D eigenvalue weighted by molar-refractivity contribution is 0.402. The van der Waals surface area contributed by atoms with E-state index in [9.17, 15) is 0 Å². The number of rotatable bonds is 5. The summed E-state index contributed by atoms with van der Waals surface area (Å²) in [6.07, 6.45) is 3.19. The van der Waals surface area contributed by atoms with Crippen LogP contribution < -0.4 is 9.47 Å². The Balaban J connectivity index is 3.07. The Morgan fingerprint density at radius 3 is 2.62 bits per heavy atom. The second-order valence-corrected chi connectivity index (χ2v) is 4.22. The highest BCUT2D eigenvalue weighted by molar-refractivity contribution is 9.09. The summed E-state index contributed by atoms with van der Waals surface area (Å²) in [5.41, 5.74) is 2.29. The smallest absolute Gasteiger partial charge is 0.126 e. The standard InChI is InChI=1S/C13H17BrO2/c1-10(5-4-8-14)12-9-11(15-2)6-7-13(12)16-3/h5-7,9H,4,8H2,1-3H3. The topological polar surface area (TPSA) is 18.5 Å². The van der Waals surface area contributed by atoms with Gasteiger partial charge in [0.2, 0.25) is 0 Å². The third-order valence-corrected chi connectivity index (χ3v) is 2.85. The lowest BCUT2D eigenvalue weighted by Gasteiger charge is -2.10. The first-order valence-electron chi connectivity index (χ1n) is 5.18. The average Bonchev–Trinajstić information content (AvgIpc) is 2.35. The third kappa shape index (κ3) is 3.27. The number of hydrogen-bond acceptors (Lipinski definition) is 2. The van der Waals surface area contributed by atoms with Crippen LogP contribution in [-0.4, -0.2) is 19.5 Å². The minimum Gasteiger partial charge on any atom is -0.497 e. The molecular weight excluding hydrogens is 268 g/mol. The molecule has 2 nitrogen and oxygen atoms in total. The highest BCUT2D eigenvalue weighted by Crippen LogP contribution is 2.30. The first-order chi connectivity index (χ1) is 7.72. The monoisotopic (exact) mass is 284 g/mol. The normalized spacial score (nSPS) is 11.4. The third-order valence-electron chi connectivity index (χ3n) is 2.39. The average molecular weight is 285 g/mol. The molecule has 0 N–H and O–H groups in total. The van der Waals surface area contributed by atoms with Gasteiger partial charge in [0.1, 0.15) is 11.5 Å². The molecule has 0 aliphatic heterocycles. The predicted molar refractivity (Wildman–Crippen MR) is 71.6 cm³/mol. The molecule has 0 spiro atoms. The maximum Gasteiger partial charge on any atom is 0.126 e. The van der Waals surface area contributed by atoms with Crippen molar-refractivity contribution in [3.63, 3.8) is 0 Å². The molecule has 16 heavy (non-hydrogen) atoms. The van der Waals surface area contributed by atoms with Gasteiger partial charge < -0.3 is 9.47 Å². The van der Waals surface area contributed by atoms with Crippen LogP contribution in [-0.2, 0) is 0 Å². The first kappa shape index (κ1) is 13.1. The van der Waals surface area contributed by atoms with Crippen LogP contribution in [0.3, 0.4) is 0 Å². The van der Waals surface area contributed by atoms with Crippen molar-refractivity contribution in [1.29, 1.82) is 0 Å². The van der Waals surface area contributed by atoms with Crippen LogP contribution in [0, 0.1) is 0 Å². The zero-order valence-electron chi connectivity index (χ0n) is 9.92. The lowest BCUT2D eigenvalue weighted by Crippen LogP contribution is -1.92. The van der Waals surface area contributed by atoms with Gasteiger partial charge in [0.25, 0.3) is 0 Å². The molecule has 0 heterocycles. The van der Waals surface area contributed by atoms with Crippen molar-refractivity contribution < 1.29 is 9.47 Å². The van der Waals surface area contributed by atoms with Gasteiger partial charge in [-0.2, -0.15) is 0 Å². The number of halogens is 1. The highest BCUT2D eigenvalue weighted by Gasteiger charge is 2.06. The molecule has 3 heteroatoms. The number of alkyl halides is 1. The number of methoxy groups -OCH3 is 2. The molecule has 0 fully saturated rings. The Morgan fingerprint density at radius 2 is 2.06 bits per heavy atom. The van der Waals surface area contributed by atoms with E-state index in [1.807, 2.05) is 18.2 Å². The van der Waals surface area contributed by atoms with E-state index in [1.165, 1.54) is 5.57 Å². The van der Waals surface area contributed by atoms with Crippen LogP contribution in [0.4, 0.5) is 0 Å². The summed E-state index contributed by atoms with van der Waals surface area (Å²) in [7, 11) is 3.35. The van der Waals surface area contributed by atoms with Crippen LogP contribution in [0.5, 0.6) is 11.5 Å². The molecule has 0 aliphatic rings. The van der Waals surface area contributed by atoms with Gasteiger partial charge in [0.15, 0.2) is 0 Å². The lowest BCUT2D eigenvalue weighted by atomic mass is 10.0. The quantitative estimate of drug-likeness (QED) is 0.764. The number of hydrogen-bond donors (Lipinski definition) is 0. The molecule has 0 saturated heterocycles. The second kappa shape index (κ2) is 6.59. The van der Waals surface area contributed by atoms with Gasteiger partial charge in [-0.15, -0.1) is 0 Å². The minimum atomic E-state index is 0.849. The van der Waals surface area contributed by atoms with E-state index in [-0.39, 0.29) is 0 Å². The van der Waals surface area contributed by atoms with E-state index in [4.69, 9.17) is 9.47 Å². The molecule has 0 bridgehead atoms. The molecule has 0 unspecified atom stereocenters. The molecule has 0 aromatic heterocycles. The molecule has 0 radical (unpaired) electrons. The second-order valence-electron chi connectivity index (χ2n) is 3.43. The van der Waals surface area contributed by atoms with Gasteiger partial charge >= 0.3 is 0 Å². The Labute approximate surface area is 105 Å². The van der Waals surface area contributed by atoms with Crippen molar-refractivity contribution in [2.45, 2.75) is 13.3 Å². The maximum absolute atomic E-state index is 5.34. The predicted octanol–water partition coefficient (Wildman–Crippen LogP) is 3.89. The molecular formula is C13H17BrO2. The van der Waals surface area contributed by atoms with Gasteiger partial charge in [0, 0.05) is 10.9 Å². The number of ether oxygens (including phenoxy) is 2. The zero-order chi connectivity index (χ0) is 12.0. The van der Waals surface area contributed by atoms with E-state index in [2.05, 4.69) is 28.9 Å². The van der Waals surface area contributed by atoms with E-state index in [0.717, 1.165) is 28.8 Å². The summed E-state index contributed by atoms with van der Waals surface area (Å²) in [6, 6.07) is 5.83. The fourth-order valence-corrected chi connectivity index (χ4v) is 1.73. The maximum atomic E-state index is 5.34. The van der Waals surface area contributed by atoms with Crippen molar-refractivity contribution in [3.8, 4) is 11.5 Å². The van der Waals surface area contributed by atoms with Crippen molar-refractivity contribution in [2.75, 3.05) is 19.5 Å². The van der Waals surface area contributed by atoms with E-state index >= 15 is 0 Å². The molecule has 0 amide bonds. The van der Waals surface area contributed by atoms with E-state index in [0.29, 0.717) is 0 Å². The zero-order valence-corrected chi connectivity index (χ0v) is 11.5. The largest absolute Gasteiger partial charge is 0.497 e. The minimum absolute atomic E-state index is 0.849. The van der Waals surface area contributed by atoms with Crippen LogP contribution >= 0.6 is 15.9 Å². The summed E-state index contributed by atoms with van der Waals surface area (Å²) in [5.74, 6) is 1.73. The van der Waals surface area contributed by atoms with Crippen molar-refractivity contribution in [3.05, 3.63) is 29.8 Å². The van der Waals surface area contributed by atoms with Gasteiger partial charge in [-0.05, 0) is 37.1 Å². The molecule has 1 aromatic carbocycles. The van der Waals surface area contributed by atoms with Crippen molar-refractivity contribution in [2.24, 2.45) is 0 Å². The molecule has 1 aromatic rings. The van der Waals surface area contributed by atoms with Crippen molar-refractivity contribution in [1.82, 2.24) is 0 Å². The highest BCUT2D eigenvalue weighted by atomic mass is 79.9. The first-order valence-corrected chi connectivity index (χ1v) is 6.30. The van der Waals surface area contributed by atoms with E-state index in [1.54, 1.807) is 14.2 Å². The van der Waals surface area contributed by atoms with E-state index < -0.39 is 0 Å². The van der Waals surface area contributed by atoms with Crippen LogP contribution in [0.2, 0.25) is 0 Å². The summed E-state index contributed by atoms with van der Waals surface area (Å²) in [6.45, 7) is 2.08. The van der Waals surface area contributed by atoms with Gasteiger partial charge in [-0.3, -0.25) is 0 Å². The Hall–Kier alpha value is -0.960. The summed E-state index contributed by atoms with van der Waals surface area (Å²) < 4.78 is 10.6. The molecule has 0 aliphatic carbocycles. The fourth-order valence-electron chi connectivity index (χ4n) is 1.50. The van der Waals surface area contributed by atoms with Crippen LogP contribution in [0.1, 0.15) is 18.9 Å². The van der Waals surface area contributed by atoms with Gasteiger partial charge in [-0.25, -0.2) is 0 Å². The van der Waals surface area contributed by atoms with Crippen LogP contribution in [0.25, 0.3) is 5.57 Å². The number of allylic oxidation sites excluding steroid dienone is 2. The molecule has 0 atom stereocenters. The fraction of sp³-hybridized carbons (Fsp3) is 0.385. The van der Waals surface area contributed by atoms with Gasteiger partial charge in [-0.1, -0.05) is 22.0 Å². The van der Waals surface area contributed by atoms with Crippen molar-refractivity contribution >= 4 is 21.5 Å². The Bertz CT molecular complexity index is 372. The van der Waals surface area contributed by atoms with Gasteiger partial charge in [0.05, 0.1) is 14.2 Å². The summed E-state index contributed by atoms with van der Waals surface area (Å²) >= 11 is 3.41. The Kier molecular flexibility index (Phi) is 5.39.